The van der Waals surface area contributed by atoms with Gasteiger partial charge < -0.3 is 4.18 Å². The molecule has 0 aromatic heterocycles. The molecule has 4 heteroatoms. The first-order chi connectivity index (χ1) is 10.2. The van der Waals surface area contributed by atoms with E-state index in [1.54, 1.807) is 0 Å². The summed E-state index contributed by atoms with van der Waals surface area (Å²) in [5.74, 6) is -0.287. The van der Waals surface area contributed by atoms with Crippen molar-refractivity contribution in [2.45, 2.75) is 26.1 Å². The predicted octanol–water partition coefficient (Wildman–Crippen LogP) is 4.33. The number of hydrogen-bond donors (Lipinski definition) is 0. The third-order valence-electron chi connectivity index (χ3n) is 3.57. The van der Waals surface area contributed by atoms with Crippen LogP contribution in [-0.4, -0.2) is 29.3 Å². The zero-order valence-corrected chi connectivity index (χ0v) is 13.5. The van der Waals surface area contributed by atoms with E-state index in [4.69, 9.17) is 4.18 Å². The number of carbonyl (C=O) groups is 1. The molecule has 0 saturated carbocycles. The van der Waals surface area contributed by atoms with Gasteiger partial charge in [0.15, 0.2) is 0 Å². The molecule has 2 aromatic rings. The molecule has 0 amide bonds. The molecule has 2 rings (SSSR count). The van der Waals surface area contributed by atoms with Crippen molar-refractivity contribution in [1.82, 2.24) is 4.90 Å². The van der Waals surface area contributed by atoms with Crippen LogP contribution in [0.3, 0.4) is 0 Å². The maximum atomic E-state index is 12.1. The van der Waals surface area contributed by atoms with Crippen LogP contribution in [0.4, 0.5) is 0 Å². The van der Waals surface area contributed by atoms with Crippen LogP contribution in [0.15, 0.2) is 42.5 Å². The molecule has 0 heterocycles. The highest BCUT2D eigenvalue weighted by molar-refractivity contribution is 7.95. The number of fused-ring (bicyclic) bond motifs is 1. The van der Waals surface area contributed by atoms with Crippen LogP contribution in [0.2, 0.25) is 0 Å². The molecule has 3 nitrogen and oxygen atoms in total. The topological polar surface area (TPSA) is 29.5 Å². The molecule has 0 fully saturated rings. The monoisotopic (exact) mass is 303 g/mol. The van der Waals surface area contributed by atoms with Crippen LogP contribution in [0.25, 0.3) is 10.8 Å². The normalized spacial score (nSPS) is 12.6. The Morgan fingerprint density at radius 2 is 1.81 bits per heavy atom. The summed E-state index contributed by atoms with van der Waals surface area (Å²) in [5.41, 5.74) is 0.591. The van der Waals surface area contributed by atoms with Crippen molar-refractivity contribution in [1.29, 1.82) is 0 Å². The molecule has 21 heavy (non-hydrogen) atoms. The van der Waals surface area contributed by atoms with E-state index in [0.29, 0.717) is 5.56 Å². The van der Waals surface area contributed by atoms with Crippen LogP contribution < -0.4 is 0 Å². The minimum absolute atomic E-state index is 0.157. The lowest BCUT2D eigenvalue weighted by atomic mass is 10.1. The van der Waals surface area contributed by atoms with Gasteiger partial charge in [-0.2, -0.15) is 0 Å². The lowest BCUT2D eigenvalue weighted by molar-refractivity contribution is 0.0763. The summed E-state index contributed by atoms with van der Waals surface area (Å²) in [6, 6.07) is 13.6. The van der Waals surface area contributed by atoms with Crippen molar-refractivity contribution in [3.63, 3.8) is 0 Å². The second-order valence-electron chi connectivity index (χ2n) is 4.85. The van der Waals surface area contributed by atoms with Crippen molar-refractivity contribution >= 4 is 28.8 Å². The van der Waals surface area contributed by atoms with E-state index >= 15 is 0 Å². The van der Waals surface area contributed by atoms with Gasteiger partial charge in [-0.3, -0.25) is 4.90 Å². The van der Waals surface area contributed by atoms with E-state index in [0.717, 1.165) is 23.9 Å². The Labute approximate surface area is 130 Å². The second kappa shape index (κ2) is 7.48. The summed E-state index contributed by atoms with van der Waals surface area (Å²) in [5, 5.41) is 2.33. The quantitative estimate of drug-likeness (QED) is 0.587. The van der Waals surface area contributed by atoms with Crippen LogP contribution in [-0.2, 0) is 4.18 Å². The molecule has 0 aliphatic heterocycles. The van der Waals surface area contributed by atoms with Gasteiger partial charge in [-0.15, -0.1) is 0 Å². The average molecular weight is 303 g/mol. The Hall–Kier alpha value is -1.52. The average Bonchev–Trinajstić information content (AvgIpc) is 2.53. The summed E-state index contributed by atoms with van der Waals surface area (Å²) >= 11 is 1.22. The molecule has 0 bridgehead atoms. The first-order valence-corrected chi connectivity index (χ1v) is 8.06. The molecule has 112 valence electrons. The van der Waals surface area contributed by atoms with Crippen LogP contribution >= 0.6 is 12.0 Å². The number of nitrogens with zero attached hydrogens (tertiary/aromatic N) is 1. The smallest absolute Gasteiger partial charge is 0.350 e. The third kappa shape index (κ3) is 3.99. The second-order valence-corrected chi connectivity index (χ2v) is 5.89. The van der Waals surface area contributed by atoms with Gasteiger partial charge >= 0.3 is 5.97 Å². The van der Waals surface area contributed by atoms with Gasteiger partial charge in [0.1, 0.15) is 0 Å². The van der Waals surface area contributed by atoms with Gasteiger partial charge in [0, 0.05) is 0 Å². The molecular formula is C17H21NO2S. The summed E-state index contributed by atoms with van der Waals surface area (Å²) in [4.78, 5) is 14.4. The Kier molecular flexibility index (Phi) is 5.65. The maximum absolute atomic E-state index is 12.1. The molecule has 0 spiro atoms. The van der Waals surface area contributed by atoms with Crippen molar-refractivity contribution in [2.24, 2.45) is 0 Å². The van der Waals surface area contributed by atoms with E-state index in [2.05, 4.69) is 18.7 Å². The highest BCUT2D eigenvalue weighted by Gasteiger charge is 2.15. The third-order valence-corrected chi connectivity index (χ3v) is 4.40. The molecular weight excluding hydrogens is 282 g/mol. The van der Waals surface area contributed by atoms with E-state index in [-0.39, 0.29) is 11.3 Å². The van der Waals surface area contributed by atoms with Crippen molar-refractivity contribution < 1.29 is 8.98 Å². The molecule has 0 aliphatic rings. The largest absolute Gasteiger partial charge is 0.386 e. The summed E-state index contributed by atoms with van der Waals surface area (Å²) in [6.07, 6.45) is 0. The molecule has 1 unspecified atom stereocenters. The molecule has 1 atom stereocenters. The van der Waals surface area contributed by atoms with Gasteiger partial charge in [0.2, 0.25) is 0 Å². The standard InChI is InChI=1S/C17H21NO2S/c1-4-18(5-2)13(3)21-20-17(19)16-11-10-14-8-6-7-9-15(14)12-16/h6-13H,4-5H2,1-3H3. The first-order valence-electron chi connectivity index (χ1n) is 7.26. The van der Waals surface area contributed by atoms with Gasteiger partial charge in [-0.05, 0) is 42.9 Å². The SMILES string of the molecule is CCN(CC)C(C)SOC(=O)c1ccc2ccccc2c1. The minimum atomic E-state index is -0.287. The minimum Gasteiger partial charge on any atom is -0.386 e. The summed E-state index contributed by atoms with van der Waals surface area (Å²) in [6.45, 7) is 8.14. The van der Waals surface area contributed by atoms with Gasteiger partial charge in [-0.25, -0.2) is 4.79 Å². The molecule has 2 aromatic carbocycles. The molecule has 0 radical (unpaired) electrons. The van der Waals surface area contributed by atoms with Crippen molar-refractivity contribution in [3.05, 3.63) is 48.0 Å². The Morgan fingerprint density at radius 3 is 2.48 bits per heavy atom. The number of carbonyl (C=O) groups excluding carboxylic acids is 1. The first kappa shape index (κ1) is 15.9. The Balaban J connectivity index is 2.02. The lowest BCUT2D eigenvalue weighted by Crippen LogP contribution is -2.30. The number of rotatable bonds is 6. The number of hydrogen-bond acceptors (Lipinski definition) is 4. The predicted molar refractivity (Wildman–Crippen MR) is 89.3 cm³/mol. The molecule has 0 N–H and O–H groups in total. The van der Waals surface area contributed by atoms with E-state index in [1.807, 2.05) is 49.4 Å². The highest BCUT2D eigenvalue weighted by atomic mass is 32.2. The lowest BCUT2D eigenvalue weighted by Gasteiger charge is -2.24. The van der Waals surface area contributed by atoms with Gasteiger partial charge in [0.05, 0.1) is 23.0 Å². The Morgan fingerprint density at radius 1 is 1.14 bits per heavy atom. The van der Waals surface area contributed by atoms with Crippen LogP contribution in [0.1, 0.15) is 31.1 Å². The highest BCUT2D eigenvalue weighted by Crippen LogP contribution is 2.21. The van der Waals surface area contributed by atoms with Gasteiger partial charge in [-0.1, -0.05) is 44.2 Å². The van der Waals surface area contributed by atoms with E-state index in [1.165, 1.54) is 12.0 Å². The van der Waals surface area contributed by atoms with Crippen molar-refractivity contribution in [3.8, 4) is 0 Å². The van der Waals surface area contributed by atoms with Crippen LogP contribution in [0.5, 0.6) is 0 Å². The van der Waals surface area contributed by atoms with Crippen LogP contribution in [0, 0.1) is 0 Å². The summed E-state index contributed by atoms with van der Waals surface area (Å²) < 4.78 is 5.36. The molecule has 0 aliphatic carbocycles. The fourth-order valence-electron chi connectivity index (χ4n) is 2.28. The number of benzene rings is 2. The van der Waals surface area contributed by atoms with E-state index in [9.17, 15) is 4.79 Å². The molecule has 0 saturated heterocycles. The van der Waals surface area contributed by atoms with E-state index < -0.39 is 0 Å². The van der Waals surface area contributed by atoms with Gasteiger partial charge in [0.25, 0.3) is 0 Å². The van der Waals surface area contributed by atoms with Crippen molar-refractivity contribution in [2.75, 3.05) is 13.1 Å². The fourth-order valence-corrected chi connectivity index (χ4v) is 3.02. The Bertz CT molecular complexity index is 611. The fraction of sp³-hybridized carbons (Fsp3) is 0.353. The summed E-state index contributed by atoms with van der Waals surface area (Å²) in [7, 11) is 0. The zero-order chi connectivity index (χ0) is 15.2. The zero-order valence-electron chi connectivity index (χ0n) is 12.7. The maximum Gasteiger partial charge on any atom is 0.350 e.